The van der Waals surface area contributed by atoms with Gasteiger partial charge in [0.15, 0.2) is 0 Å². The molecule has 0 aromatic carbocycles. The Balaban J connectivity index is 1.58. The predicted octanol–water partition coefficient (Wildman–Crippen LogP) is 2.80. The Morgan fingerprint density at radius 1 is 1.35 bits per heavy atom. The fourth-order valence-electron chi connectivity index (χ4n) is 2.61. The van der Waals surface area contributed by atoms with Gasteiger partial charge in [0, 0.05) is 43.7 Å². The van der Waals surface area contributed by atoms with E-state index in [0.29, 0.717) is 24.0 Å². The number of rotatable bonds is 4. The molecule has 0 bridgehead atoms. The van der Waals surface area contributed by atoms with Crippen LogP contribution in [0.15, 0.2) is 35.2 Å². The van der Waals surface area contributed by atoms with Crippen LogP contribution in [0.4, 0.5) is 5.95 Å². The molecule has 2 aromatic heterocycles. The average Bonchev–Trinajstić information content (AvgIpc) is 2.61. The molecular weight excluding hydrogens is 358 g/mol. The van der Waals surface area contributed by atoms with Gasteiger partial charge in [-0.25, -0.2) is 15.0 Å². The number of ether oxygens (including phenoxy) is 1. The van der Waals surface area contributed by atoms with Crippen LogP contribution >= 0.6 is 15.9 Å². The minimum absolute atomic E-state index is 0.392. The smallest absolute Gasteiger partial charge is 0.225 e. The molecule has 2 aromatic rings. The van der Waals surface area contributed by atoms with E-state index >= 15 is 0 Å². The van der Waals surface area contributed by atoms with Gasteiger partial charge >= 0.3 is 0 Å². The summed E-state index contributed by atoms with van der Waals surface area (Å²) >= 11 is 3.35. The molecule has 7 heteroatoms. The fraction of sp³-hybridized carbons (Fsp3) is 0.375. The van der Waals surface area contributed by atoms with E-state index in [0.717, 1.165) is 36.4 Å². The molecule has 1 aliphatic heterocycles. The second kappa shape index (κ2) is 7.38. The van der Waals surface area contributed by atoms with Gasteiger partial charge < -0.3 is 9.64 Å². The Hall–Kier alpha value is -2.20. The molecule has 0 N–H and O–H groups in total. The lowest BCUT2D eigenvalue weighted by atomic mass is 9.99. The number of piperidine rings is 1. The van der Waals surface area contributed by atoms with E-state index in [1.54, 1.807) is 30.7 Å². The molecule has 3 rings (SSSR count). The second-order valence-electron chi connectivity index (χ2n) is 5.46. The van der Waals surface area contributed by atoms with Crippen LogP contribution in [0.25, 0.3) is 0 Å². The molecule has 6 nitrogen and oxygen atoms in total. The second-order valence-corrected chi connectivity index (χ2v) is 6.38. The third kappa shape index (κ3) is 4.17. The highest BCUT2D eigenvalue weighted by Gasteiger charge is 2.22. The average molecular weight is 374 g/mol. The maximum atomic E-state index is 8.90. The van der Waals surface area contributed by atoms with Crippen molar-refractivity contribution < 1.29 is 4.74 Å². The first-order chi connectivity index (χ1) is 11.2. The Labute approximate surface area is 143 Å². The van der Waals surface area contributed by atoms with Crippen LogP contribution in [-0.2, 0) is 0 Å². The van der Waals surface area contributed by atoms with Crippen LogP contribution in [0.2, 0.25) is 0 Å². The van der Waals surface area contributed by atoms with E-state index in [-0.39, 0.29) is 0 Å². The molecule has 1 aliphatic rings. The first-order valence-corrected chi connectivity index (χ1v) is 8.25. The Morgan fingerprint density at radius 2 is 2.17 bits per heavy atom. The molecule has 0 radical (unpaired) electrons. The topological polar surface area (TPSA) is 74.9 Å². The van der Waals surface area contributed by atoms with Crippen LogP contribution in [-0.4, -0.2) is 34.6 Å². The summed E-state index contributed by atoms with van der Waals surface area (Å²) in [4.78, 5) is 15.0. The molecule has 1 fully saturated rings. The molecule has 1 atom stereocenters. The van der Waals surface area contributed by atoms with Gasteiger partial charge in [-0.3, -0.25) is 0 Å². The summed E-state index contributed by atoms with van der Waals surface area (Å²) in [6, 6.07) is 5.42. The highest BCUT2D eigenvalue weighted by Crippen LogP contribution is 2.22. The first-order valence-electron chi connectivity index (χ1n) is 7.46. The number of anilines is 1. The highest BCUT2D eigenvalue weighted by molar-refractivity contribution is 9.10. The zero-order valence-corrected chi connectivity index (χ0v) is 14.1. The highest BCUT2D eigenvalue weighted by atomic mass is 79.9. The number of hydrogen-bond acceptors (Lipinski definition) is 6. The van der Waals surface area contributed by atoms with Crippen molar-refractivity contribution in [2.45, 2.75) is 12.8 Å². The molecule has 118 valence electrons. The summed E-state index contributed by atoms with van der Waals surface area (Å²) in [5, 5.41) is 8.90. The number of nitrogens with zero attached hydrogens (tertiary/aromatic N) is 5. The molecule has 3 heterocycles. The summed E-state index contributed by atoms with van der Waals surface area (Å²) in [7, 11) is 0. The number of pyridine rings is 1. The van der Waals surface area contributed by atoms with Gasteiger partial charge in [0.25, 0.3) is 0 Å². The standard InChI is InChI=1S/C16H16BrN5O/c17-14-8-20-16(21-9-14)22-5-1-2-13(10-22)11-23-15-6-12(7-18)3-4-19-15/h3-4,6,8-9,13H,1-2,5,10-11H2. The summed E-state index contributed by atoms with van der Waals surface area (Å²) in [5.41, 5.74) is 0.559. The molecule has 1 saturated heterocycles. The van der Waals surface area contributed by atoms with Crippen molar-refractivity contribution in [3.05, 3.63) is 40.8 Å². The molecule has 1 unspecified atom stereocenters. The molecule has 0 aliphatic carbocycles. The number of halogens is 1. The lowest BCUT2D eigenvalue weighted by molar-refractivity contribution is 0.221. The third-order valence-electron chi connectivity index (χ3n) is 3.74. The molecule has 0 spiro atoms. The van der Waals surface area contributed by atoms with E-state index in [4.69, 9.17) is 10.00 Å². The van der Waals surface area contributed by atoms with Gasteiger partial charge in [-0.2, -0.15) is 5.26 Å². The van der Waals surface area contributed by atoms with Crippen molar-refractivity contribution in [1.29, 1.82) is 5.26 Å². The van der Waals surface area contributed by atoms with Crippen molar-refractivity contribution in [1.82, 2.24) is 15.0 Å². The van der Waals surface area contributed by atoms with Crippen LogP contribution in [0.5, 0.6) is 5.88 Å². The fourth-order valence-corrected chi connectivity index (χ4v) is 2.82. The lowest BCUT2D eigenvalue weighted by Crippen LogP contribution is -2.38. The SMILES string of the molecule is N#Cc1ccnc(OCC2CCCN(c3ncc(Br)cn3)C2)c1. The Kier molecular flexibility index (Phi) is 5.03. The third-order valence-corrected chi connectivity index (χ3v) is 4.15. The minimum Gasteiger partial charge on any atom is -0.477 e. The van der Waals surface area contributed by atoms with E-state index in [1.165, 1.54) is 0 Å². The molecule has 0 amide bonds. The lowest BCUT2D eigenvalue weighted by Gasteiger charge is -2.32. The van der Waals surface area contributed by atoms with E-state index in [2.05, 4.69) is 41.9 Å². The number of hydrogen-bond donors (Lipinski definition) is 0. The van der Waals surface area contributed by atoms with Crippen LogP contribution in [0, 0.1) is 17.2 Å². The van der Waals surface area contributed by atoms with E-state index in [1.807, 2.05) is 0 Å². The molecule has 23 heavy (non-hydrogen) atoms. The molecular formula is C16H16BrN5O. The maximum absolute atomic E-state index is 8.90. The van der Waals surface area contributed by atoms with Gasteiger partial charge in [0.1, 0.15) is 0 Å². The van der Waals surface area contributed by atoms with Crippen molar-refractivity contribution >= 4 is 21.9 Å². The first kappa shape index (κ1) is 15.7. The van der Waals surface area contributed by atoms with Crippen LogP contribution in [0.3, 0.4) is 0 Å². The van der Waals surface area contributed by atoms with Gasteiger partial charge in [-0.1, -0.05) is 0 Å². The van der Waals surface area contributed by atoms with E-state index in [9.17, 15) is 0 Å². The van der Waals surface area contributed by atoms with E-state index < -0.39 is 0 Å². The summed E-state index contributed by atoms with van der Waals surface area (Å²) < 4.78 is 6.63. The number of nitriles is 1. The quantitative estimate of drug-likeness (QED) is 0.819. The van der Waals surface area contributed by atoms with Crippen molar-refractivity contribution in [3.63, 3.8) is 0 Å². The summed E-state index contributed by atoms with van der Waals surface area (Å²) in [6.07, 6.45) is 7.31. The van der Waals surface area contributed by atoms with Gasteiger partial charge in [-0.05, 0) is 34.8 Å². The van der Waals surface area contributed by atoms with Gasteiger partial charge in [-0.15, -0.1) is 0 Å². The van der Waals surface area contributed by atoms with Gasteiger partial charge in [0.2, 0.25) is 11.8 Å². The normalized spacial score (nSPS) is 17.6. The minimum atomic E-state index is 0.392. The Bertz CT molecular complexity index is 700. The number of aromatic nitrogens is 3. The zero-order chi connectivity index (χ0) is 16.1. The monoisotopic (exact) mass is 373 g/mol. The van der Waals surface area contributed by atoms with Crippen molar-refractivity contribution in [2.24, 2.45) is 5.92 Å². The predicted molar refractivity (Wildman–Crippen MR) is 89.1 cm³/mol. The zero-order valence-electron chi connectivity index (χ0n) is 12.5. The maximum Gasteiger partial charge on any atom is 0.225 e. The Morgan fingerprint density at radius 3 is 2.96 bits per heavy atom. The summed E-state index contributed by atoms with van der Waals surface area (Å²) in [5.74, 6) is 1.65. The van der Waals surface area contributed by atoms with Crippen molar-refractivity contribution in [2.75, 3.05) is 24.6 Å². The largest absolute Gasteiger partial charge is 0.477 e. The van der Waals surface area contributed by atoms with Gasteiger partial charge in [0.05, 0.1) is 22.7 Å². The van der Waals surface area contributed by atoms with Crippen LogP contribution in [0.1, 0.15) is 18.4 Å². The summed E-state index contributed by atoms with van der Waals surface area (Å²) in [6.45, 7) is 2.40. The molecule has 0 saturated carbocycles. The van der Waals surface area contributed by atoms with Crippen molar-refractivity contribution in [3.8, 4) is 11.9 Å². The van der Waals surface area contributed by atoms with Crippen LogP contribution < -0.4 is 9.64 Å².